The first kappa shape index (κ1) is 12.8. The SMILES string of the molecule is COc1cc2oc(=O)cc(-c3ccccc3)c2cc1Cl. The first-order valence-electron chi connectivity index (χ1n) is 6.06. The van der Waals surface area contributed by atoms with E-state index in [9.17, 15) is 4.79 Å². The van der Waals surface area contributed by atoms with Gasteiger partial charge in [0.05, 0.1) is 12.1 Å². The third kappa shape index (κ3) is 2.17. The number of hydrogen-bond donors (Lipinski definition) is 0. The summed E-state index contributed by atoms with van der Waals surface area (Å²) in [5.74, 6) is 0.479. The first-order valence-corrected chi connectivity index (χ1v) is 6.43. The molecule has 100 valence electrons. The fraction of sp³-hybridized carbons (Fsp3) is 0.0625. The van der Waals surface area contributed by atoms with E-state index in [0.29, 0.717) is 16.4 Å². The van der Waals surface area contributed by atoms with Crippen molar-refractivity contribution in [3.05, 3.63) is 64.0 Å². The highest BCUT2D eigenvalue weighted by atomic mass is 35.5. The lowest BCUT2D eigenvalue weighted by Crippen LogP contribution is -1.98. The predicted molar refractivity (Wildman–Crippen MR) is 79.5 cm³/mol. The van der Waals surface area contributed by atoms with Crippen LogP contribution in [0.3, 0.4) is 0 Å². The molecular formula is C16H11ClO3. The second kappa shape index (κ2) is 5.02. The second-order valence-corrected chi connectivity index (χ2v) is 4.74. The van der Waals surface area contributed by atoms with Crippen LogP contribution in [0.1, 0.15) is 0 Å². The molecule has 4 heteroatoms. The van der Waals surface area contributed by atoms with Crippen LogP contribution in [0.15, 0.2) is 57.7 Å². The minimum atomic E-state index is -0.402. The minimum absolute atomic E-state index is 0.402. The Hall–Kier alpha value is -2.26. The molecule has 0 unspecified atom stereocenters. The van der Waals surface area contributed by atoms with E-state index in [2.05, 4.69) is 0 Å². The Morgan fingerprint density at radius 1 is 1.10 bits per heavy atom. The average Bonchev–Trinajstić information content (AvgIpc) is 2.47. The normalized spacial score (nSPS) is 10.7. The first-order chi connectivity index (χ1) is 9.69. The molecule has 3 aromatic rings. The molecule has 0 aliphatic heterocycles. The van der Waals surface area contributed by atoms with Gasteiger partial charge in [0.15, 0.2) is 0 Å². The van der Waals surface area contributed by atoms with Gasteiger partial charge in [-0.1, -0.05) is 41.9 Å². The van der Waals surface area contributed by atoms with Crippen LogP contribution in [-0.2, 0) is 0 Å². The quantitative estimate of drug-likeness (QED) is 0.665. The zero-order chi connectivity index (χ0) is 14.1. The minimum Gasteiger partial charge on any atom is -0.495 e. The Labute approximate surface area is 120 Å². The van der Waals surface area contributed by atoms with E-state index in [1.165, 1.54) is 13.2 Å². The average molecular weight is 287 g/mol. The number of halogens is 1. The summed E-state index contributed by atoms with van der Waals surface area (Å²) < 4.78 is 10.4. The number of fused-ring (bicyclic) bond motifs is 1. The molecule has 0 aliphatic rings. The van der Waals surface area contributed by atoms with Crippen molar-refractivity contribution < 1.29 is 9.15 Å². The van der Waals surface area contributed by atoms with Gasteiger partial charge >= 0.3 is 5.63 Å². The van der Waals surface area contributed by atoms with Crippen LogP contribution in [0.25, 0.3) is 22.1 Å². The van der Waals surface area contributed by atoms with E-state index < -0.39 is 5.63 Å². The molecule has 1 heterocycles. The molecule has 0 fully saturated rings. The largest absolute Gasteiger partial charge is 0.495 e. The fourth-order valence-electron chi connectivity index (χ4n) is 2.18. The van der Waals surface area contributed by atoms with Crippen LogP contribution in [-0.4, -0.2) is 7.11 Å². The van der Waals surface area contributed by atoms with Crippen LogP contribution in [0, 0.1) is 0 Å². The lowest BCUT2D eigenvalue weighted by molar-refractivity contribution is 0.414. The van der Waals surface area contributed by atoms with Crippen molar-refractivity contribution in [3.8, 4) is 16.9 Å². The molecule has 0 bridgehead atoms. The van der Waals surface area contributed by atoms with E-state index in [1.54, 1.807) is 12.1 Å². The molecule has 0 radical (unpaired) electrons. The van der Waals surface area contributed by atoms with Crippen LogP contribution in [0.4, 0.5) is 0 Å². The van der Waals surface area contributed by atoms with Gasteiger partial charge in [-0.05, 0) is 17.2 Å². The summed E-state index contributed by atoms with van der Waals surface area (Å²) in [7, 11) is 1.52. The van der Waals surface area contributed by atoms with E-state index in [-0.39, 0.29) is 0 Å². The van der Waals surface area contributed by atoms with E-state index in [4.69, 9.17) is 20.8 Å². The molecule has 2 aromatic carbocycles. The van der Waals surface area contributed by atoms with Crippen molar-refractivity contribution in [2.45, 2.75) is 0 Å². The van der Waals surface area contributed by atoms with Crippen molar-refractivity contribution in [1.29, 1.82) is 0 Å². The van der Waals surface area contributed by atoms with E-state index in [0.717, 1.165) is 16.5 Å². The van der Waals surface area contributed by atoms with Crippen LogP contribution in [0.2, 0.25) is 5.02 Å². The van der Waals surface area contributed by atoms with Gasteiger partial charge in [0.1, 0.15) is 11.3 Å². The highest BCUT2D eigenvalue weighted by molar-refractivity contribution is 6.33. The van der Waals surface area contributed by atoms with Gasteiger partial charge in [0.2, 0.25) is 0 Å². The summed E-state index contributed by atoms with van der Waals surface area (Å²) >= 11 is 6.16. The van der Waals surface area contributed by atoms with Crippen LogP contribution >= 0.6 is 11.6 Å². The molecule has 1 aromatic heterocycles. The molecule has 3 rings (SSSR count). The Morgan fingerprint density at radius 3 is 2.55 bits per heavy atom. The molecule has 0 saturated carbocycles. The number of methoxy groups -OCH3 is 1. The van der Waals surface area contributed by atoms with Crippen LogP contribution < -0.4 is 10.4 Å². The zero-order valence-corrected chi connectivity index (χ0v) is 11.5. The molecule has 0 spiro atoms. The molecule has 0 atom stereocenters. The van der Waals surface area contributed by atoms with Gasteiger partial charge in [-0.25, -0.2) is 4.79 Å². The Balaban J connectivity index is 2.38. The Bertz CT molecular complexity index is 822. The predicted octanol–water partition coefficient (Wildman–Crippen LogP) is 4.12. The summed E-state index contributed by atoms with van der Waals surface area (Å²) in [6.07, 6.45) is 0. The third-order valence-corrected chi connectivity index (χ3v) is 3.40. The van der Waals surface area contributed by atoms with E-state index in [1.807, 2.05) is 30.3 Å². The number of rotatable bonds is 2. The van der Waals surface area contributed by atoms with Crippen molar-refractivity contribution in [3.63, 3.8) is 0 Å². The molecule has 3 nitrogen and oxygen atoms in total. The molecule has 20 heavy (non-hydrogen) atoms. The highest BCUT2D eigenvalue weighted by Gasteiger charge is 2.11. The second-order valence-electron chi connectivity index (χ2n) is 4.33. The molecule has 0 amide bonds. The maximum Gasteiger partial charge on any atom is 0.336 e. The smallest absolute Gasteiger partial charge is 0.336 e. The fourth-order valence-corrected chi connectivity index (χ4v) is 2.42. The van der Waals surface area contributed by atoms with Gasteiger partial charge in [0.25, 0.3) is 0 Å². The van der Waals surface area contributed by atoms with Crippen molar-refractivity contribution in [2.24, 2.45) is 0 Å². The van der Waals surface area contributed by atoms with Gasteiger partial charge in [-0.3, -0.25) is 0 Å². The molecule has 0 aliphatic carbocycles. The van der Waals surface area contributed by atoms with Gasteiger partial charge in [0, 0.05) is 17.5 Å². The monoisotopic (exact) mass is 286 g/mol. The van der Waals surface area contributed by atoms with E-state index >= 15 is 0 Å². The Kier molecular flexibility index (Phi) is 3.20. The summed E-state index contributed by atoms with van der Waals surface area (Å²) in [5.41, 5.74) is 1.78. The van der Waals surface area contributed by atoms with Crippen LogP contribution in [0.5, 0.6) is 5.75 Å². The van der Waals surface area contributed by atoms with Crippen molar-refractivity contribution >= 4 is 22.6 Å². The molecule has 0 N–H and O–H groups in total. The highest BCUT2D eigenvalue weighted by Crippen LogP contribution is 2.34. The molecule has 0 saturated heterocycles. The maximum absolute atomic E-state index is 11.7. The summed E-state index contributed by atoms with van der Waals surface area (Å²) in [6, 6.07) is 14.5. The number of hydrogen-bond acceptors (Lipinski definition) is 3. The van der Waals surface area contributed by atoms with Gasteiger partial charge in [-0.2, -0.15) is 0 Å². The lowest BCUT2D eigenvalue weighted by atomic mass is 10.0. The third-order valence-electron chi connectivity index (χ3n) is 3.10. The van der Waals surface area contributed by atoms with Crippen molar-refractivity contribution in [2.75, 3.05) is 7.11 Å². The summed E-state index contributed by atoms with van der Waals surface area (Å²) in [4.78, 5) is 11.7. The van der Waals surface area contributed by atoms with Gasteiger partial charge in [-0.15, -0.1) is 0 Å². The van der Waals surface area contributed by atoms with Crippen molar-refractivity contribution in [1.82, 2.24) is 0 Å². The zero-order valence-electron chi connectivity index (χ0n) is 10.7. The number of ether oxygens (including phenoxy) is 1. The lowest BCUT2D eigenvalue weighted by Gasteiger charge is -2.08. The maximum atomic E-state index is 11.7. The van der Waals surface area contributed by atoms with Gasteiger partial charge < -0.3 is 9.15 Å². The summed E-state index contributed by atoms with van der Waals surface area (Å²) in [6.45, 7) is 0. The molecular weight excluding hydrogens is 276 g/mol. The summed E-state index contributed by atoms with van der Waals surface area (Å²) in [5, 5.41) is 1.26. The Morgan fingerprint density at radius 2 is 1.85 bits per heavy atom. The standard InChI is InChI=1S/C16H11ClO3/c1-19-15-9-14-12(7-13(15)17)11(8-16(18)20-14)10-5-3-2-4-6-10/h2-9H,1H3. The number of benzene rings is 2. The topological polar surface area (TPSA) is 39.4 Å².